The third-order valence-corrected chi connectivity index (χ3v) is 3.78. The van der Waals surface area contributed by atoms with E-state index in [4.69, 9.17) is 0 Å². The smallest absolute Gasteiger partial charge is 0.141 e. The molecule has 1 aliphatic heterocycles. The molecule has 1 aliphatic rings. The largest absolute Gasteiger partial charge is 0.312 e. The van der Waals surface area contributed by atoms with Crippen molar-refractivity contribution in [1.82, 2.24) is 10.3 Å². The van der Waals surface area contributed by atoms with E-state index < -0.39 is 0 Å². The Balaban J connectivity index is 1.73. The summed E-state index contributed by atoms with van der Waals surface area (Å²) in [5.41, 5.74) is 0.917. The molecular formula is C11H15FN2S. The monoisotopic (exact) mass is 226 g/mol. The van der Waals surface area contributed by atoms with Gasteiger partial charge in [0.05, 0.1) is 6.20 Å². The standard InChI is InChI=1S/C11H15FN2S/c12-11-3-10(6-14-7-11)5-13-4-9-1-2-15-8-9/h3,6-7,9,13H,1-2,4-5,8H2. The van der Waals surface area contributed by atoms with Gasteiger partial charge in [-0.25, -0.2) is 4.39 Å². The number of aromatic nitrogens is 1. The zero-order valence-electron chi connectivity index (χ0n) is 8.58. The fraction of sp³-hybridized carbons (Fsp3) is 0.545. The fourth-order valence-corrected chi connectivity index (χ4v) is 3.00. The Bertz CT molecular complexity index is 313. The Morgan fingerprint density at radius 3 is 3.20 bits per heavy atom. The molecule has 1 unspecified atom stereocenters. The lowest BCUT2D eigenvalue weighted by Gasteiger charge is -2.09. The highest BCUT2D eigenvalue weighted by Crippen LogP contribution is 2.22. The van der Waals surface area contributed by atoms with Crippen molar-refractivity contribution >= 4 is 11.8 Å². The number of nitrogens with zero attached hydrogens (tertiary/aromatic N) is 1. The maximum atomic E-state index is 12.8. The summed E-state index contributed by atoms with van der Waals surface area (Å²) in [7, 11) is 0. The van der Waals surface area contributed by atoms with Crippen LogP contribution in [0.1, 0.15) is 12.0 Å². The predicted molar refractivity (Wildman–Crippen MR) is 61.3 cm³/mol. The molecule has 1 saturated heterocycles. The van der Waals surface area contributed by atoms with Gasteiger partial charge >= 0.3 is 0 Å². The molecule has 2 heterocycles. The van der Waals surface area contributed by atoms with Crippen molar-refractivity contribution in [2.75, 3.05) is 18.1 Å². The van der Waals surface area contributed by atoms with E-state index in [0.717, 1.165) is 18.0 Å². The quantitative estimate of drug-likeness (QED) is 0.850. The lowest BCUT2D eigenvalue weighted by molar-refractivity contribution is 0.521. The molecule has 82 valence electrons. The number of halogens is 1. The molecule has 2 rings (SSSR count). The summed E-state index contributed by atoms with van der Waals surface area (Å²) >= 11 is 2.02. The minimum Gasteiger partial charge on any atom is -0.312 e. The van der Waals surface area contributed by atoms with Gasteiger partial charge in [-0.05, 0) is 42.0 Å². The third kappa shape index (κ3) is 3.47. The maximum absolute atomic E-state index is 12.8. The average molecular weight is 226 g/mol. The average Bonchev–Trinajstić information content (AvgIpc) is 2.71. The minimum absolute atomic E-state index is 0.259. The Morgan fingerprint density at radius 1 is 1.53 bits per heavy atom. The zero-order chi connectivity index (χ0) is 10.5. The molecule has 1 aromatic heterocycles. The van der Waals surface area contributed by atoms with E-state index in [1.165, 1.54) is 30.2 Å². The fourth-order valence-electron chi connectivity index (χ4n) is 1.72. The van der Waals surface area contributed by atoms with Crippen LogP contribution in [0.15, 0.2) is 18.5 Å². The number of thioether (sulfide) groups is 1. The SMILES string of the molecule is Fc1cncc(CNCC2CCSC2)c1. The van der Waals surface area contributed by atoms with Crippen molar-refractivity contribution in [2.45, 2.75) is 13.0 Å². The Morgan fingerprint density at radius 2 is 2.47 bits per heavy atom. The van der Waals surface area contributed by atoms with Gasteiger partial charge < -0.3 is 5.32 Å². The van der Waals surface area contributed by atoms with Gasteiger partial charge in [0.2, 0.25) is 0 Å². The summed E-state index contributed by atoms with van der Waals surface area (Å²) in [6, 6.07) is 1.53. The number of rotatable bonds is 4. The van der Waals surface area contributed by atoms with Crippen molar-refractivity contribution in [3.8, 4) is 0 Å². The van der Waals surface area contributed by atoms with E-state index in [9.17, 15) is 4.39 Å². The van der Waals surface area contributed by atoms with Crippen molar-refractivity contribution in [3.63, 3.8) is 0 Å². The van der Waals surface area contributed by atoms with Crippen molar-refractivity contribution in [2.24, 2.45) is 5.92 Å². The van der Waals surface area contributed by atoms with Gasteiger partial charge in [0.1, 0.15) is 5.82 Å². The van der Waals surface area contributed by atoms with Gasteiger partial charge in [-0.15, -0.1) is 0 Å². The second-order valence-electron chi connectivity index (χ2n) is 3.87. The minimum atomic E-state index is -0.259. The van der Waals surface area contributed by atoms with Crippen LogP contribution in [0.3, 0.4) is 0 Å². The van der Waals surface area contributed by atoms with Crippen LogP contribution < -0.4 is 5.32 Å². The van der Waals surface area contributed by atoms with Crippen LogP contribution in [0.25, 0.3) is 0 Å². The molecular weight excluding hydrogens is 211 g/mol. The van der Waals surface area contributed by atoms with Gasteiger partial charge in [0.25, 0.3) is 0 Å². The first-order chi connectivity index (χ1) is 7.34. The molecule has 0 saturated carbocycles. The van der Waals surface area contributed by atoms with Crippen LogP contribution in [-0.2, 0) is 6.54 Å². The van der Waals surface area contributed by atoms with E-state index in [1.54, 1.807) is 6.20 Å². The van der Waals surface area contributed by atoms with E-state index >= 15 is 0 Å². The van der Waals surface area contributed by atoms with E-state index in [2.05, 4.69) is 10.3 Å². The number of hydrogen-bond acceptors (Lipinski definition) is 3. The normalized spacial score (nSPS) is 20.7. The van der Waals surface area contributed by atoms with Crippen LogP contribution in [-0.4, -0.2) is 23.0 Å². The molecule has 0 amide bonds. The topological polar surface area (TPSA) is 24.9 Å². The van der Waals surface area contributed by atoms with Gasteiger partial charge in [-0.1, -0.05) is 0 Å². The Hall–Kier alpha value is -0.610. The summed E-state index contributed by atoms with van der Waals surface area (Å²) in [4.78, 5) is 3.82. The highest BCUT2D eigenvalue weighted by molar-refractivity contribution is 7.99. The Labute approximate surface area is 93.7 Å². The third-order valence-electron chi connectivity index (χ3n) is 2.55. The second kappa shape index (κ2) is 5.47. The number of pyridine rings is 1. The first-order valence-corrected chi connectivity index (χ1v) is 6.38. The van der Waals surface area contributed by atoms with Crippen LogP contribution in [0, 0.1) is 11.7 Å². The Kier molecular flexibility index (Phi) is 3.97. The summed E-state index contributed by atoms with van der Waals surface area (Å²) in [6.45, 7) is 1.75. The summed E-state index contributed by atoms with van der Waals surface area (Å²) in [5.74, 6) is 3.07. The van der Waals surface area contributed by atoms with Crippen LogP contribution >= 0.6 is 11.8 Å². The molecule has 1 fully saturated rings. The molecule has 15 heavy (non-hydrogen) atoms. The summed E-state index contributed by atoms with van der Waals surface area (Å²) in [6.07, 6.45) is 4.25. The first kappa shape index (κ1) is 10.9. The maximum Gasteiger partial charge on any atom is 0.141 e. The zero-order valence-corrected chi connectivity index (χ0v) is 9.39. The lowest BCUT2D eigenvalue weighted by Crippen LogP contribution is -2.22. The van der Waals surface area contributed by atoms with Crippen LogP contribution in [0.4, 0.5) is 4.39 Å². The van der Waals surface area contributed by atoms with E-state index in [-0.39, 0.29) is 5.82 Å². The molecule has 0 radical (unpaired) electrons. The van der Waals surface area contributed by atoms with Gasteiger partial charge in [0, 0.05) is 12.7 Å². The molecule has 4 heteroatoms. The molecule has 0 aliphatic carbocycles. The molecule has 0 bridgehead atoms. The predicted octanol–water partition coefficient (Wildman–Crippen LogP) is 2.06. The van der Waals surface area contributed by atoms with Crippen molar-refractivity contribution in [3.05, 3.63) is 29.8 Å². The molecule has 1 atom stereocenters. The molecule has 0 aromatic carbocycles. The van der Waals surface area contributed by atoms with Crippen molar-refractivity contribution < 1.29 is 4.39 Å². The van der Waals surface area contributed by atoms with Crippen molar-refractivity contribution in [1.29, 1.82) is 0 Å². The summed E-state index contributed by atoms with van der Waals surface area (Å²) in [5, 5.41) is 3.35. The molecule has 2 nitrogen and oxygen atoms in total. The van der Waals surface area contributed by atoms with Crippen LogP contribution in [0.2, 0.25) is 0 Å². The van der Waals surface area contributed by atoms with E-state index in [0.29, 0.717) is 6.54 Å². The van der Waals surface area contributed by atoms with Gasteiger partial charge in [-0.3, -0.25) is 4.98 Å². The second-order valence-corrected chi connectivity index (χ2v) is 5.02. The highest BCUT2D eigenvalue weighted by Gasteiger charge is 2.14. The lowest BCUT2D eigenvalue weighted by atomic mass is 10.1. The highest BCUT2D eigenvalue weighted by atomic mass is 32.2. The van der Waals surface area contributed by atoms with Crippen LogP contribution in [0.5, 0.6) is 0 Å². The summed E-state index contributed by atoms with van der Waals surface area (Å²) < 4.78 is 12.8. The molecule has 1 N–H and O–H groups in total. The number of nitrogens with one attached hydrogen (secondary N) is 1. The number of hydrogen-bond donors (Lipinski definition) is 1. The molecule has 1 aromatic rings. The van der Waals surface area contributed by atoms with Gasteiger partial charge in [-0.2, -0.15) is 11.8 Å². The molecule has 0 spiro atoms. The first-order valence-electron chi connectivity index (χ1n) is 5.22. The van der Waals surface area contributed by atoms with E-state index in [1.807, 2.05) is 11.8 Å². The van der Waals surface area contributed by atoms with Gasteiger partial charge in [0.15, 0.2) is 0 Å².